The van der Waals surface area contributed by atoms with Crippen molar-refractivity contribution in [2.45, 2.75) is 51.2 Å². The Hall–Kier alpha value is -2.29. The van der Waals surface area contributed by atoms with Gasteiger partial charge in [0, 0.05) is 51.3 Å². The van der Waals surface area contributed by atoms with Crippen LogP contribution < -0.4 is 10.6 Å². The summed E-state index contributed by atoms with van der Waals surface area (Å²) >= 11 is 0. The molecule has 2 atom stereocenters. The van der Waals surface area contributed by atoms with E-state index in [1.54, 1.807) is 4.90 Å². The molecule has 2 unspecified atom stereocenters. The second-order valence-corrected chi connectivity index (χ2v) is 10.0. The number of amides is 3. The molecule has 1 aromatic rings. The molecule has 4 aliphatic rings. The molecule has 0 aliphatic carbocycles. The fourth-order valence-corrected chi connectivity index (χ4v) is 5.69. The lowest BCUT2D eigenvalue weighted by Gasteiger charge is -2.35. The first-order valence-corrected chi connectivity index (χ1v) is 12.5. The van der Waals surface area contributed by atoms with Gasteiger partial charge in [0.15, 0.2) is 0 Å². The van der Waals surface area contributed by atoms with E-state index in [1.165, 1.54) is 44.5 Å². The molecule has 0 saturated carbocycles. The topological polar surface area (TPSA) is 85.0 Å². The summed E-state index contributed by atoms with van der Waals surface area (Å²) in [4.78, 5) is 43.3. The number of piperidine rings is 2. The third kappa shape index (κ3) is 5.13. The highest BCUT2D eigenvalue weighted by Gasteiger charge is 2.39. The smallest absolute Gasteiger partial charge is 0.255 e. The van der Waals surface area contributed by atoms with E-state index >= 15 is 0 Å². The second-order valence-electron chi connectivity index (χ2n) is 10.0. The maximum atomic E-state index is 12.9. The van der Waals surface area contributed by atoms with E-state index in [-0.39, 0.29) is 24.1 Å². The van der Waals surface area contributed by atoms with Crippen LogP contribution in [0.15, 0.2) is 18.2 Å². The third-order valence-corrected chi connectivity index (χ3v) is 7.71. The average Bonchev–Trinajstić information content (AvgIpc) is 3.15. The maximum absolute atomic E-state index is 12.9. The van der Waals surface area contributed by atoms with Crippen LogP contribution in [0.25, 0.3) is 0 Å². The molecule has 3 amide bonds. The van der Waals surface area contributed by atoms with Crippen molar-refractivity contribution in [2.24, 2.45) is 5.92 Å². The van der Waals surface area contributed by atoms with Crippen LogP contribution in [0.4, 0.5) is 0 Å². The van der Waals surface area contributed by atoms with Crippen molar-refractivity contribution >= 4 is 17.7 Å². The van der Waals surface area contributed by atoms with Gasteiger partial charge in [-0.2, -0.15) is 0 Å². The Kier molecular flexibility index (Phi) is 6.76. The van der Waals surface area contributed by atoms with Crippen LogP contribution in [0.1, 0.15) is 53.6 Å². The minimum Gasteiger partial charge on any atom is -0.322 e. The molecule has 5 rings (SSSR count). The number of benzene rings is 1. The molecule has 0 radical (unpaired) electrons. The van der Waals surface area contributed by atoms with Crippen molar-refractivity contribution in [3.05, 3.63) is 34.9 Å². The molecular formula is C25H35N5O3. The van der Waals surface area contributed by atoms with E-state index in [0.717, 1.165) is 44.2 Å². The molecule has 3 fully saturated rings. The minimum atomic E-state index is -0.552. The lowest BCUT2D eigenvalue weighted by atomic mass is 9.96. The van der Waals surface area contributed by atoms with Crippen molar-refractivity contribution in [2.75, 3.05) is 45.8 Å². The second kappa shape index (κ2) is 9.91. The van der Waals surface area contributed by atoms with E-state index in [0.29, 0.717) is 18.5 Å². The third-order valence-electron chi connectivity index (χ3n) is 7.71. The van der Waals surface area contributed by atoms with Gasteiger partial charge >= 0.3 is 0 Å². The summed E-state index contributed by atoms with van der Waals surface area (Å²) in [6.45, 7) is 9.28. The number of hydrogen-bond acceptors (Lipinski definition) is 6. The SMILES string of the molecule is O=C1CCC(N2Cc3cc(CN4CCN(CCC5CCCNC5)CC4)ccc3C2=O)C(=O)N1. The van der Waals surface area contributed by atoms with Crippen molar-refractivity contribution in [3.63, 3.8) is 0 Å². The number of imide groups is 1. The molecule has 0 spiro atoms. The number of nitrogens with one attached hydrogen (secondary N) is 2. The van der Waals surface area contributed by atoms with Crippen LogP contribution >= 0.6 is 0 Å². The van der Waals surface area contributed by atoms with Crippen LogP contribution in [0.3, 0.4) is 0 Å². The Morgan fingerprint density at radius 3 is 2.58 bits per heavy atom. The van der Waals surface area contributed by atoms with Crippen molar-refractivity contribution in [3.8, 4) is 0 Å². The molecule has 3 saturated heterocycles. The molecule has 4 aliphatic heterocycles. The fourth-order valence-electron chi connectivity index (χ4n) is 5.69. The summed E-state index contributed by atoms with van der Waals surface area (Å²) in [5.74, 6) is 0.123. The maximum Gasteiger partial charge on any atom is 0.255 e. The van der Waals surface area contributed by atoms with Gasteiger partial charge in [-0.3, -0.25) is 24.6 Å². The normalized spacial score (nSPS) is 27.0. The molecular weight excluding hydrogens is 418 g/mol. The van der Waals surface area contributed by atoms with Gasteiger partial charge in [0.2, 0.25) is 11.8 Å². The van der Waals surface area contributed by atoms with Crippen LogP contribution in [-0.2, 0) is 22.7 Å². The number of fused-ring (bicyclic) bond motifs is 1. The molecule has 33 heavy (non-hydrogen) atoms. The Morgan fingerprint density at radius 2 is 1.82 bits per heavy atom. The van der Waals surface area contributed by atoms with E-state index in [1.807, 2.05) is 12.1 Å². The first-order chi connectivity index (χ1) is 16.1. The highest BCUT2D eigenvalue weighted by molar-refractivity contribution is 6.05. The van der Waals surface area contributed by atoms with Crippen LogP contribution in [0.5, 0.6) is 0 Å². The lowest BCUT2D eigenvalue weighted by molar-refractivity contribution is -0.136. The summed E-state index contributed by atoms with van der Waals surface area (Å²) < 4.78 is 0. The zero-order chi connectivity index (χ0) is 22.8. The van der Waals surface area contributed by atoms with Crippen LogP contribution in [0.2, 0.25) is 0 Å². The molecule has 8 nitrogen and oxygen atoms in total. The highest BCUT2D eigenvalue weighted by atomic mass is 16.2. The predicted molar refractivity (Wildman–Crippen MR) is 124 cm³/mol. The standard InChI is InChI=1S/C25H35N5O3/c31-23-6-5-22(24(32)27-23)30-17-20-14-19(3-4-21(20)25(30)33)16-29-12-10-28(11-13-29)9-7-18-2-1-8-26-15-18/h3-4,14,18,22,26H,1-2,5-13,15-17H2,(H,27,31,32). The number of hydrogen-bond donors (Lipinski definition) is 2. The van der Waals surface area contributed by atoms with E-state index in [9.17, 15) is 14.4 Å². The van der Waals surface area contributed by atoms with Gasteiger partial charge < -0.3 is 15.1 Å². The lowest BCUT2D eigenvalue weighted by Crippen LogP contribution is -2.52. The van der Waals surface area contributed by atoms with Crippen molar-refractivity contribution < 1.29 is 14.4 Å². The number of carbonyl (C=O) groups excluding carboxylic acids is 3. The summed E-state index contributed by atoms with van der Waals surface area (Å²) in [5.41, 5.74) is 2.89. The number of piperazine rings is 1. The van der Waals surface area contributed by atoms with Crippen LogP contribution in [-0.4, -0.2) is 84.3 Å². The highest BCUT2D eigenvalue weighted by Crippen LogP contribution is 2.28. The summed E-state index contributed by atoms with van der Waals surface area (Å²) in [6, 6.07) is 5.53. The first-order valence-electron chi connectivity index (χ1n) is 12.5. The molecule has 0 bridgehead atoms. The average molecular weight is 454 g/mol. The Balaban J connectivity index is 1.12. The zero-order valence-electron chi connectivity index (χ0n) is 19.4. The number of carbonyl (C=O) groups is 3. The van der Waals surface area contributed by atoms with Crippen molar-refractivity contribution in [1.29, 1.82) is 0 Å². The summed E-state index contributed by atoms with van der Waals surface area (Å²) in [5, 5.41) is 5.88. The zero-order valence-corrected chi connectivity index (χ0v) is 19.4. The molecule has 4 heterocycles. The van der Waals surface area contributed by atoms with Crippen molar-refractivity contribution in [1.82, 2.24) is 25.3 Å². The summed E-state index contributed by atoms with van der Waals surface area (Å²) in [7, 11) is 0. The Morgan fingerprint density at radius 1 is 1.00 bits per heavy atom. The van der Waals surface area contributed by atoms with Gasteiger partial charge in [-0.25, -0.2) is 0 Å². The van der Waals surface area contributed by atoms with Gasteiger partial charge in [0.05, 0.1) is 0 Å². The summed E-state index contributed by atoms with van der Waals surface area (Å²) in [6.07, 6.45) is 4.67. The number of nitrogens with zero attached hydrogens (tertiary/aromatic N) is 3. The quantitative estimate of drug-likeness (QED) is 0.624. The first kappa shape index (κ1) is 22.5. The minimum absolute atomic E-state index is 0.104. The fraction of sp³-hybridized carbons (Fsp3) is 0.640. The monoisotopic (exact) mass is 453 g/mol. The Bertz CT molecular complexity index is 905. The van der Waals surface area contributed by atoms with E-state index in [2.05, 4.69) is 26.5 Å². The molecule has 178 valence electrons. The van der Waals surface area contributed by atoms with Gasteiger partial charge in [0.1, 0.15) is 6.04 Å². The number of rotatable bonds is 6. The van der Waals surface area contributed by atoms with Crippen LogP contribution in [0, 0.1) is 5.92 Å². The van der Waals surface area contributed by atoms with Gasteiger partial charge in [0.25, 0.3) is 5.91 Å². The molecule has 2 N–H and O–H groups in total. The van der Waals surface area contributed by atoms with E-state index in [4.69, 9.17) is 0 Å². The molecule has 8 heteroatoms. The van der Waals surface area contributed by atoms with Gasteiger partial charge in [-0.15, -0.1) is 0 Å². The molecule has 1 aromatic carbocycles. The van der Waals surface area contributed by atoms with E-state index < -0.39 is 6.04 Å². The molecule has 0 aromatic heterocycles. The predicted octanol–water partition coefficient (Wildman–Crippen LogP) is 0.955. The van der Waals surface area contributed by atoms with Gasteiger partial charge in [-0.1, -0.05) is 12.1 Å². The largest absolute Gasteiger partial charge is 0.322 e. The Labute approximate surface area is 195 Å². The van der Waals surface area contributed by atoms with Gasteiger partial charge in [-0.05, 0) is 68.4 Å².